The Morgan fingerprint density at radius 1 is 1.20 bits per heavy atom. The van der Waals surface area contributed by atoms with Crippen molar-refractivity contribution >= 4 is 11.7 Å². The second kappa shape index (κ2) is 5.00. The van der Waals surface area contributed by atoms with Gasteiger partial charge in [-0.25, -0.2) is 4.79 Å². The van der Waals surface area contributed by atoms with Crippen LogP contribution in [0.2, 0.25) is 0 Å². The van der Waals surface area contributed by atoms with Gasteiger partial charge < -0.3 is 10.0 Å². The Morgan fingerprint density at radius 3 is 2.65 bits per heavy atom. The number of aryl methyl sites for hydroxylation is 1. The molecule has 3 rings (SSSR count). The Balaban J connectivity index is 1.86. The monoisotopic (exact) mass is 267 g/mol. The predicted octanol–water partition coefficient (Wildman–Crippen LogP) is 3.26. The Labute approximate surface area is 118 Å². The largest absolute Gasteiger partial charge is 0.478 e. The lowest BCUT2D eigenvalue weighted by Crippen LogP contribution is -2.19. The van der Waals surface area contributed by atoms with Gasteiger partial charge in [-0.2, -0.15) is 0 Å². The molecule has 0 saturated heterocycles. The standard InChI is InChI=1S/C17H17NO2/c1-12-2-4-13(5-3-12)11-18-9-8-14-6-7-15(17(19)20)10-16(14)18/h2-7,10H,8-9,11H2,1H3,(H,19,20). The molecule has 0 fully saturated rings. The molecule has 0 saturated carbocycles. The molecule has 2 aromatic rings. The van der Waals surface area contributed by atoms with E-state index in [2.05, 4.69) is 36.1 Å². The average molecular weight is 267 g/mol. The molecule has 102 valence electrons. The van der Waals surface area contributed by atoms with Gasteiger partial charge in [0.1, 0.15) is 0 Å². The number of hydrogen-bond donors (Lipinski definition) is 1. The summed E-state index contributed by atoms with van der Waals surface area (Å²) in [6.45, 7) is 3.86. The molecule has 2 aromatic carbocycles. The summed E-state index contributed by atoms with van der Waals surface area (Å²) in [4.78, 5) is 13.3. The fraction of sp³-hybridized carbons (Fsp3) is 0.235. The molecule has 0 aliphatic carbocycles. The van der Waals surface area contributed by atoms with Crippen molar-refractivity contribution in [2.45, 2.75) is 19.9 Å². The van der Waals surface area contributed by atoms with Gasteiger partial charge in [0.2, 0.25) is 0 Å². The molecule has 0 bridgehead atoms. The van der Waals surface area contributed by atoms with Crippen LogP contribution in [-0.2, 0) is 13.0 Å². The molecule has 0 aromatic heterocycles. The van der Waals surface area contributed by atoms with E-state index in [1.54, 1.807) is 12.1 Å². The van der Waals surface area contributed by atoms with Gasteiger partial charge in [-0.1, -0.05) is 35.9 Å². The van der Waals surface area contributed by atoms with Crippen molar-refractivity contribution in [3.8, 4) is 0 Å². The van der Waals surface area contributed by atoms with Gasteiger partial charge in [-0.05, 0) is 36.6 Å². The Bertz CT molecular complexity index is 647. The number of carboxylic acid groups (broad SMARTS) is 1. The summed E-state index contributed by atoms with van der Waals surface area (Å²) in [6, 6.07) is 13.9. The van der Waals surface area contributed by atoms with E-state index in [0.29, 0.717) is 5.56 Å². The highest BCUT2D eigenvalue weighted by molar-refractivity contribution is 5.89. The second-order valence-corrected chi connectivity index (χ2v) is 5.31. The van der Waals surface area contributed by atoms with E-state index < -0.39 is 5.97 Å². The van der Waals surface area contributed by atoms with Crippen molar-refractivity contribution in [3.63, 3.8) is 0 Å². The molecule has 0 radical (unpaired) electrons. The maximum Gasteiger partial charge on any atom is 0.335 e. The van der Waals surface area contributed by atoms with Crippen molar-refractivity contribution < 1.29 is 9.90 Å². The highest BCUT2D eigenvalue weighted by Gasteiger charge is 2.20. The molecule has 3 heteroatoms. The first-order chi connectivity index (χ1) is 9.63. The van der Waals surface area contributed by atoms with Gasteiger partial charge in [0.15, 0.2) is 0 Å². The van der Waals surface area contributed by atoms with Gasteiger partial charge in [-0.15, -0.1) is 0 Å². The van der Waals surface area contributed by atoms with Crippen molar-refractivity contribution in [1.29, 1.82) is 0 Å². The molecule has 1 heterocycles. The quantitative estimate of drug-likeness (QED) is 0.928. The van der Waals surface area contributed by atoms with Crippen LogP contribution in [0, 0.1) is 6.92 Å². The van der Waals surface area contributed by atoms with Crippen LogP contribution in [0.25, 0.3) is 0 Å². The predicted molar refractivity (Wildman–Crippen MR) is 79.3 cm³/mol. The molecular weight excluding hydrogens is 250 g/mol. The van der Waals surface area contributed by atoms with Crippen molar-refractivity contribution in [3.05, 3.63) is 64.7 Å². The van der Waals surface area contributed by atoms with Crippen molar-refractivity contribution in [2.24, 2.45) is 0 Å². The van der Waals surface area contributed by atoms with Crippen LogP contribution in [0.5, 0.6) is 0 Å². The Morgan fingerprint density at radius 2 is 1.95 bits per heavy atom. The van der Waals surface area contributed by atoms with Crippen LogP contribution >= 0.6 is 0 Å². The normalized spacial score (nSPS) is 13.3. The van der Waals surface area contributed by atoms with Gasteiger partial charge in [-0.3, -0.25) is 0 Å². The first kappa shape index (κ1) is 12.7. The van der Waals surface area contributed by atoms with E-state index in [1.807, 2.05) is 6.07 Å². The molecule has 3 nitrogen and oxygen atoms in total. The number of anilines is 1. The number of rotatable bonds is 3. The minimum atomic E-state index is -0.866. The van der Waals surface area contributed by atoms with Crippen LogP contribution in [0.1, 0.15) is 27.0 Å². The lowest BCUT2D eigenvalue weighted by Gasteiger charge is -2.20. The summed E-state index contributed by atoms with van der Waals surface area (Å²) < 4.78 is 0. The third kappa shape index (κ3) is 2.39. The van der Waals surface area contributed by atoms with Gasteiger partial charge in [0.25, 0.3) is 0 Å². The molecule has 1 aliphatic heterocycles. The first-order valence-corrected chi connectivity index (χ1v) is 6.80. The highest BCUT2D eigenvalue weighted by Crippen LogP contribution is 2.30. The maximum atomic E-state index is 11.1. The van der Waals surface area contributed by atoms with Gasteiger partial charge in [0, 0.05) is 18.8 Å². The Hall–Kier alpha value is -2.29. The third-order valence-electron chi connectivity index (χ3n) is 3.82. The fourth-order valence-electron chi connectivity index (χ4n) is 2.66. The SMILES string of the molecule is Cc1ccc(CN2CCc3ccc(C(=O)O)cc32)cc1. The molecule has 1 N–H and O–H groups in total. The van der Waals surface area contributed by atoms with E-state index >= 15 is 0 Å². The number of hydrogen-bond acceptors (Lipinski definition) is 2. The zero-order valence-corrected chi connectivity index (χ0v) is 11.5. The van der Waals surface area contributed by atoms with E-state index in [4.69, 9.17) is 5.11 Å². The summed E-state index contributed by atoms with van der Waals surface area (Å²) >= 11 is 0. The minimum absolute atomic E-state index is 0.361. The summed E-state index contributed by atoms with van der Waals surface area (Å²) in [5.41, 5.74) is 5.17. The lowest BCUT2D eigenvalue weighted by atomic mass is 10.1. The maximum absolute atomic E-state index is 11.1. The zero-order chi connectivity index (χ0) is 14.1. The van der Waals surface area contributed by atoms with Crippen LogP contribution in [0.3, 0.4) is 0 Å². The summed E-state index contributed by atoms with van der Waals surface area (Å²) in [5.74, 6) is -0.866. The zero-order valence-electron chi connectivity index (χ0n) is 11.5. The number of nitrogens with zero attached hydrogens (tertiary/aromatic N) is 1. The molecule has 20 heavy (non-hydrogen) atoms. The van der Waals surface area contributed by atoms with E-state index in [1.165, 1.54) is 16.7 Å². The molecular formula is C17H17NO2. The number of fused-ring (bicyclic) bond motifs is 1. The fourth-order valence-corrected chi connectivity index (χ4v) is 2.66. The summed E-state index contributed by atoms with van der Waals surface area (Å²) in [7, 11) is 0. The third-order valence-corrected chi connectivity index (χ3v) is 3.82. The highest BCUT2D eigenvalue weighted by atomic mass is 16.4. The Kier molecular flexibility index (Phi) is 3.18. The van der Waals surface area contributed by atoms with E-state index in [9.17, 15) is 4.79 Å². The van der Waals surface area contributed by atoms with Crippen LogP contribution in [0.15, 0.2) is 42.5 Å². The first-order valence-electron chi connectivity index (χ1n) is 6.80. The average Bonchev–Trinajstić information content (AvgIpc) is 2.84. The number of benzene rings is 2. The number of aromatic carboxylic acids is 1. The smallest absolute Gasteiger partial charge is 0.335 e. The molecule has 0 spiro atoms. The summed E-state index contributed by atoms with van der Waals surface area (Å²) in [5, 5.41) is 9.10. The number of carbonyl (C=O) groups is 1. The van der Waals surface area contributed by atoms with Gasteiger partial charge >= 0.3 is 5.97 Å². The second-order valence-electron chi connectivity index (χ2n) is 5.31. The van der Waals surface area contributed by atoms with Gasteiger partial charge in [0.05, 0.1) is 5.56 Å². The molecule has 0 amide bonds. The molecule has 1 aliphatic rings. The minimum Gasteiger partial charge on any atom is -0.478 e. The van der Waals surface area contributed by atoms with Crippen LogP contribution in [0.4, 0.5) is 5.69 Å². The van der Waals surface area contributed by atoms with Crippen LogP contribution < -0.4 is 4.90 Å². The van der Waals surface area contributed by atoms with Crippen LogP contribution in [-0.4, -0.2) is 17.6 Å². The summed E-state index contributed by atoms with van der Waals surface area (Å²) in [6.07, 6.45) is 0.987. The number of carboxylic acids is 1. The van der Waals surface area contributed by atoms with Crippen molar-refractivity contribution in [2.75, 3.05) is 11.4 Å². The molecule has 0 unspecified atom stereocenters. The molecule has 0 atom stereocenters. The topological polar surface area (TPSA) is 40.5 Å². The van der Waals surface area contributed by atoms with E-state index in [-0.39, 0.29) is 0 Å². The lowest BCUT2D eigenvalue weighted by molar-refractivity contribution is 0.0697. The van der Waals surface area contributed by atoms with E-state index in [0.717, 1.165) is 25.2 Å². The van der Waals surface area contributed by atoms with Crippen molar-refractivity contribution in [1.82, 2.24) is 0 Å².